The van der Waals surface area contributed by atoms with E-state index in [1.54, 1.807) is 12.1 Å². The Labute approximate surface area is 175 Å². The first kappa shape index (κ1) is 23.1. The quantitative estimate of drug-likeness (QED) is 0.659. The maximum absolute atomic E-state index is 13.2. The maximum Gasteiger partial charge on any atom is 0.430 e. The molecule has 1 heterocycles. The SMILES string of the molecule is Cc1cccc(CC(=O)N2CCCCc3cc(C(O)(C(F)(F)F)C(F)(F)F)ccc32)c1. The van der Waals surface area contributed by atoms with Crippen molar-refractivity contribution in [3.05, 3.63) is 64.7 Å². The van der Waals surface area contributed by atoms with E-state index in [1.165, 1.54) is 4.90 Å². The Morgan fingerprint density at radius 3 is 2.29 bits per heavy atom. The third kappa shape index (κ3) is 4.42. The van der Waals surface area contributed by atoms with Crippen LogP contribution in [-0.4, -0.2) is 29.9 Å². The lowest BCUT2D eigenvalue weighted by atomic mass is 9.89. The van der Waals surface area contributed by atoms with Gasteiger partial charge in [-0.05, 0) is 43.4 Å². The number of amides is 1. The highest BCUT2D eigenvalue weighted by Crippen LogP contribution is 2.50. The van der Waals surface area contributed by atoms with Crippen molar-refractivity contribution in [2.75, 3.05) is 11.4 Å². The number of aliphatic hydroxyl groups is 1. The van der Waals surface area contributed by atoms with Gasteiger partial charge in [0.25, 0.3) is 5.60 Å². The average molecular weight is 445 g/mol. The third-order valence-corrected chi connectivity index (χ3v) is 5.43. The fraction of sp³-hybridized carbons (Fsp3) is 0.409. The number of nitrogens with zero attached hydrogens (tertiary/aromatic N) is 1. The lowest BCUT2D eigenvalue weighted by molar-refractivity contribution is -0.376. The molecule has 3 rings (SSSR count). The van der Waals surface area contributed by atoms with Gasteiger partial charge in [0.1, 0.15) is 0 Å². The molecule has 2 aromatic rings. The van der Waals surface area contributed by atoms with Gasteiger partial charge in [-0.2, -0.15) is 26.3 Å². The molecule has 0 radical (unpaired) electrons. The van der Waals surface area contributed by atoms with E-state index in [1.807, 2.05) is 19.1 Å². The predicted molar refractivity (Wildman–Crippen MR) is 103 cm³/mol. The number of anilines is 1. The Kier molecular flexibility index (Phi) is 6.10. The lowest BCUT2D eigenvalue weighted by Gasteiger charge is -2.33. The summed E-state index contributed by atoms with van der Waals surface area (Å²) in [5.74, 6) is -0.302. The molecule has 1 aliphatic heterocycles. The molecular weight excluding hydrogens is 424 g/mol. The molecule has 31 heavy (non-hydrogen) atoms. The van der Waals surface area contributed by atoms with Crippen LogP contribution in [0.1, 0.15) is 35.1 Å². The van der Waals surface area contributed by atoms with Gasteiger partial charge in [0.2, 0.25) is 5.91 Å². The molecule has 0 saturated carbocycles. The van der Waals surface area contributed by atoms with Crippen molar-refractivity contribution in [2.24, 2.45) is 0 Å². The van der Waals surface area contributed by atoms with Gasteiger partial charge in [0, 0.05) is 17.8 Å². The van der Waals surface area contributed by atoms with E-state index < -0.39 is 23.5 Å². The molecule has 1 amide bonds. The van der Waals surface area contributed by atoms with Crippen molar-refractivity contribution in [1.82, 2.24) is 0 Å². The second kappa shape index (κ2) is 8.18. The van der Waals surface area contributed by atoms with Crippen LogP contribution >= 0.6 is 0 Å². The van der Waals surface area contributed by atoms with E-state index in [0.29, 0.717) is 31.5 Å². The minimum absolute atomic E-state index is 0.0535. The minimum atomic E-state index is -5.95. The van der Waals surface area contributed by atoms with Crippen LogP contribution < -0.4 is 4.90 Å². The first-order chi connectivity index (χ1) is 14.3. The molecular formula is C22H21F6NO2. The summed E-state index contributed by atoms with van der Waals surface area (Å²) in [5, 5.41) is 9.69. The zero-order valence-electron chi connectivity index (χ0n) is 16.6. The highest BCUT2D eigenvalue weighted by molar-refractivity contribution is 5.95. The van der Waals surface area contributed by atoms with Gasteiger partial charge in [-0.15, -0.1) is 0 Å². The van der Waals surface area contributed by atoms with Gasteiger partial charge in [0.05, 0.1) is 6.42 Å². The summed E-state index contributed by atoms with van der Waals surface area (Å²) in [6, 6.07) is 9.67. The largest absolute Gasteiger partial charge is 0.430 e. The van der Waals surface area contributed by atoms with Gasteiger partial charge in [-0.1, -0.05) is 42.0 Å². The molecule has 0 aliphatic carbocycles. The number of aryl methyl sites for hydroxylation is 2. The Bertz CT molecular complexity index is 953. The molecule has 0 fully saturated rings. The first-order valence-corrected chi connectivity index (χ1v) is 9.70. The number of benzene rings is 2. The zero-order chi connectivity index (χ0) is 23.0. The molecule has 2 aromatic carbocycles. The van der Waals surface area contributed by atoms with Crippen LogP contribution in [0.2, 0.25) is 0 Å². The van der Waals surface area contributed by atoms with Crippen molar-refractivity contribution < 1.29 is 36.2 Å². The fourth-order valence-electron chi connectivity index (χ4n) is 3.82. The first-order valence-electron chi connectivity index (χ1n) is 9.70. The summed E-state index contributed by atoms with van der Waals surface area (Å²) in [6.45, 7) is 2.18. The second-order valence-electron chi connectivity index (χ2n) is 7.72. The number of carbonyl (C=O) groups is 1. The molecule has 168 valence electrons. The topological polar surface area (TPSA) is 40.5 Å². The molecule has 0 saturated heterocycles. The van der Waals surface area contributed by atoms with Crippen molar-refractivity contribution in [3.8, 4) is 0 Å². The molecule has 0 unspecified atom stereocenters. The van der Waals surface area contributed by atoms with Crippen LogP contribution in [0.4, 0.5) is 32.0 Å². The van der Waals surface area contributed by atoms with Gasteiger partial charge < -0.3 is 10.0 Å². The van der Waals surface area contributed by atoms with E-state index in [2.05, 4.69) is 0 Å². The average Bonchev–Trinajstić information content (AvgIpc) is 2.87. The van der Waals surface area contributed by atoms with Crippen LogP contribution in [0.15, 0.2) is 42.5 Å². The van der Waals surface area contributed by atoms with E-state index in [9.17, 15) is 36.2 Å². The molecule has 0 aromatic heterocycles. The summed E-state index contributed by atoms with van der Waals surface area (Å²) in [5.41, 5.74) is -4.14. The van der Waals surface area contributed by atoms with Gasteiger partial charge in [-0.25, -0.2) is 0 Å². The van der Waals surface area contributed by atoms with Crippen LogP contribution in [0.3, 0.4) is 0 Å². The third-order valence-electron chi connectivity index (χ3n) is 5.43. The van der Waals surface area contributed by atoms with E-state index in [0.717, 1.165) is 17.2 Å². The predicted octanol–water partition coefficient (Wildman–Crippen LogP) is 5.22. The Morgan fingerprint density at radius 1 is 1.00 bits per heavy atom. The van der Waals surface area contributed by atoms with Gasteiger partial charge in [-0.3, -0.25) is 4.79 Å². The molecule has 0 atom stereocenters. The Morgan fingerprint density at radius 2 is 1.68 bits per heavy atom. The number of hydrogen-bond donors (Lipinski definition) is 1. The zero-order valence-corrected chi connectivity index (χ0v) is 16.6. The normalized spacial score (nSPS) is 15.4. The van der Waals surface area contributed by atoms with Crippen molar-refractivity contribution >= 4 is 11.6 Å². The van der Waals surface area contributed by atoms with Gasteiger partial charge >= 0.3 is 12.4 Å². The fourth-order valence-corrected chi connectivity index (χ4v) is 3.82. The Balaban J connectivity index is 1.99. The number of hydrogen-bond acceptors (Lipinski definition) is 2. The monoisotopic (exact) mass is 445 g/mol. The summed E-state index contributed by atoms with van der Waals surface area (Å²) in [6.07, 6.45) is -10.6. The van der Waals surface area contributed by atoms with Crippen LogP contribution in [0.25, 0.3) is 0 Å². The number of rotatable bonds is 3. The van der Waals surface area contributed by atoms with Crippen molar-refractivity contribution in [2.45, 2.75) is 50.6 Å². The van der Waals surface area contributed by atoms with E-state index >= 15 is 0 Å². The highest BCUT2D eigenvalue weighted by atomic mass is 19.4. The summed E-state index contributed by atoms with van der Waals surface area (Å²) in [4.78, 5) is 14.3. The molecule has 0 bridgehead atoms. The van der Waals surface area contributed by atoms with Crippen molar-refractivity contribution in [1.29, 1.82) is 0 Å². The highest BCUT2D eigenvalue weighted by Gasteiger charge is 2.71. The van der Waals surface area contributed by atoms with Crippen LogP contribution in [-0.2, 0) is 23.2 Å². The number of fused-ring (bicyclic) bond motifs is 1. The minimum Gasteiger partial charge on any atom is -0.369 e. The molecule has 3 nitrogen and oxygen atoms in total. The molecule has 0 spiro atoms. The number of alkyl halides is 6. The number of halogens is 6. The van der Waals surface area contributed by atoms with E-state index in [4.69, 9.17) is 0 Å². The maximum atomic E-state index is 13.2. The number of carbonyl (C=O) groups excluding carboxylic acids is 1. The Hall–Kier alpha value is -2.55. The van der Waals surface area contributed by atoms with Gasteiger partial charge in [0.15, 0.2) is 0 Å². The van der Waals surface area contributed by atoms with E-state index in [-0.39, 0.29) is 30.0 Å². The van der Waals surface area contributed by atoms with Crippen molar-refractivity contribution in [3.63, 3.8) is 0 Å². The van der Waals surface area contributed by atoms with Crippen LogP contribution in [0, 0.1) is 6.92 Å². The smallest absolute Gasteiger partial charge is 0.369 e. The second-order valence-corrected chi connectivity index (χ2v) is 7.72. The van der Waals surface area contributed by atoms with Crippen LogP contribution in [0.5, 0.6) is 0 Å². The summed E-state index contributed by atoms with van der Waals surface area (Å²) >= 11 is 0. The molecule has 9 heteroatoms. The summed E-state index contributed by atoms with van der Waals surface area (Å²) < 4.78 is 79.5. The standard InChI is InChI=1S/C22H21F6NO2/c1-14-5-4-6-15(11-14)12-19(30)29-10-3-2-7-16-13-17(8-9-18(16)29)20(31,21(23,24)25)22(26,27)28/h4-6,8-9,11,13,31H,2-3,7,10,12H2,1H3. The lowest BCUT2D eigenvalue weighted by Crippen LogP contribution is -2.54. The molecule has 1 aliphatic rings. The molecule has 1 N–H and O–H groups in total. The summed E-state index contributed by atoms with van der Waals surface area (Å²) in [7, 11) is 0.